The number of sulfonamides is 1. The Morgan fingerprint density at radius 2 is 1.78 bits per heavy atom. The lowest BCUT2D eigenvalue weighted by Gasteiger charge is -2.26. The van der Waals surface area contributed by atoms with E-state index in [-0.39, 0.29) is 6.54 Å². The van der Waals surface area contributed by atoms with E-state index >= 15 is 0 Å². The Balaban J connectivity index is 1.45. The first-order valence-electron chi connectivity index (χ1n) is 12.1. The number of ether oxygens (including phenoxy) is 2. The van der Waals surface area contributed by atoms with Crippen LogP contribution in [-0.2, 0) is 16.6 Å². The molecule has 2 aromatic heterocycles. The zero-order chi connectivity index (χ0) is 26.0. The number of nitrogens with zero attached hydrogens (tertiary/aromatic N) is 5. The first-order valence-corrected chi connectivity index (χ1v) is 14.0. The van der Waals surface area contributed by atoms with Gasteiger partial charge in [0.25, 0.3) is 0 Å². The molecule has 0 spiro atoms. The average Bonchev–Trinajstić information content (AvgIpc) is 3.60. The van der Waals surface area contributed by atoms with Crippen molar-refractivity contribution in [3.63, 3.8) is 0 Å². The predicted octanol–water partition coefficient (Wildman–Crippen LogP) is 3.61. The van der Waals surface area contributed by atoms with Crippen molar-refractivity contribution >= 4 is 32.4 Å². The van der Waals surface area contributed by atoms with Crippen LogP contribution in [0, 0.1) is 5.92 Å². The van der Waals surface area contributed by atoms with Crippen molar-refractivity contribution in [1.29, 1.82) is 0 Å². The Hall–Kier alpha value is -3.70. The van der Waals surface area contributed by atoms with Gasteiger partial charge in [0.05, 0.1) is 56.1 Å². The van der Waals surface area contributed by atoms with Crippen LogP contribution >= 0.6 is 0 Å². The lowest BCUT2D eigenvalue weighted by molar-refractivity contribution is 0.394. The number of hydrogen-bond donors (Lipinski definition) is 1. The third kappa shape index (κ3) is 6.17. The van der Waals surface area contributed by atoms with Crippen LogP contribution in [0.15, 0.2) is 55.0 Å². The number of fused-ring (bicyclic) bond motifs is 1. The smallest absolute Gasteiger partial charge is 0.208 e. The minimum Gasteiger partial charge on any atom is -0.497 e. The highest BCUT2D eigenvalue weighted by Crippen LogP contribution is 2.38. The van der Waals surface area contributed by atoms with Gasteiger partial charge in [-0.2, -0.15) is 5.10 Å². The molecule has 4 aromatic rings. The van der Waals surface area contributed by atoms with Crippen molar-refractivity contribution in [3.05, 3.63) is 55.0 Å². The Morgan fingerprint density at radius 3 is 2.46 bits per heavy atom. The second kappa shape index (κ2) is 10.3. The topological polar surface area (TPSA) is 111 Å². The number of hydrogen-bond acceptors (Lipinski definition) is 8. The maximum Gasteiger partial charge on any atom is 0.208 e. The van der Waals surface area contributed by atoms with Gasteiger partial charge in [-0.05, 0) is 37.0 Å². The number of benzene rings is 2. The van der Waals surface area contributed by atoms with Crippen molar-refractivity contribution in [2.24, 2.45) is 5.92 Å². The summed E-state index contributed by atoms with van der Waals surface area (Å²) in [6, 6.07) is 12.0. The minimum absolute atomic E-state index is 0.262. The van der Waals surface area contributed by atoms with Gasteiger partial charge in [-0.15, -0.1) is 0 Å². The monoisotopic (exact) mass is 522 g/mol. The van der Waals surface area contributed by atoms with Crippen molar-refractivity contribution in [3.8, 4) is 22.8 Å². The summed E-state index contributed by atoms with van der Waals surface area (Å²) in [6.45, 7) is 1.57. The van der Waals surface area contributed by atoms with E-state index in [0.29, 0.717) is 18.2 Å². The van der Waals surface area contributed by atoms with Crippen molar-refractivity contribution in [2.45, 2.75) is 19.4 Å². The summed E-state index contributed by atoms with van der Waals surface area (Å²) in [5.74, 6) is 2.12. The molecule has 1 fully saturated rings. The van der Waals surface area contributed by atoms with E-state index in [2.05, 4.69) is 31.8 Å². The minimum atomic E-state index is -3.24. The summed E-state index contributed by atoms with van der Waals surface area (Å²) in [5.41, 5.74) is 5.10. The van der Waals surface area contributed by atoms with Crippen LogP contribution in [0.5, 0.6) is 11.5 Å². The molecule has 194 valence electrons. The summed E-state index contributed by atoms with van der Waals surface area (Å²) < 4.78 is 37.8. The van der Waals surface area contributed by atoms with Crippen LogP contribution in [0.4, 0.5) is 11.4 Å². The number of rotatable bonds is 11. The van der Waals surface area contributed by atoms with E-state index in [4.69, 9.17) is 14.5 Å². The van der Waals surface area contributed by atoms with Crippen LogP contribution in [0.2, 0.25) is 0 Å². The Bertz CT molecular complexity index is 1490. The van der Waals surface area contributed by atoms with Crippen LogP contribution in [0.25, 0.3) is 22.3 Å². The van der Waals surface area contributed by atoms with Crippen molar-refractivity contribution < 1.29 is 17.9 Å². The van der Waals surface area contributed by atoms with Gasteiger partial charge >= 0.3 is 0 Å². The Labute approximate surface area is 216 Å². The third-order valence-corrected chi connectivity index (χ3v) is 6.99. The highest BCUT2D eigenvalue weighted by Gasteiger charge is 2.26. The van der Waals surface area contributed by atoms with Crippen LogP contribution < -0.4 is 19.1 Å². The second-order valence-electron chi connectivity index (χ2n) is 9.21. The zero-order valence-corrected chi connectivity index (χ0v) is 21.9. The molecule has 0 bridgehead atoms. The number of nitrogens with one attached hydrogen (secondary N) is 1. The molecule has 11 heteroatoms. The maximum absolute atomic E-state index is 11.3. The quantitative estimate of drug-likeness (QED) is 0.318. The van der Waals surface area contributed by atoms with Gasteiger partial charge < -0.3 is 14.4 Å². The van der Waals surface area contributed by atoms with Gasteiger partial charge in [0, 0.05) is 54.4 Å². The first kappa shape index (κ1) is 25.0. The van der Waals surface area contributed by atoms with Crippen LogP contribution in [0.1, 0.15) is 12.8 Å². The number of aromatic nitrogens is 4. The van der Waals surface area contributed by atoms with E-state index < -0.39 is 10.0 Å². The highest BCUT2D eigenvalue weighted by atomic mass is 32.2. The fourth-order valence-electron chi connectivity index (χ4n) is 4.14. The molecular weight excluding hydrogens is 492 g/mol. The average molecular weight is 523 g/mol. The highest BCUT2D eigenvalue weighted by molar-refractivity contribution is 7.88. The van der Waals surface area contributed by atoms with E-state index in [0.717, 1.165) is 52.3 Å². The van der Waals surface area contributed by atoms with Gasteiger partial charge in [-0.3, -0.25) is 9.67 Å². The zero-order valence-electron chi connectivity index (χ0n) is 21.1. The largest absolute Gasteiger partial charge is 0.497 e. The van der Waals surface area contributed by atoms with E-state index in [1.165, 1.54) is 12.8 Å². The summed E-state index contributed by atoms with van der Waals surface area (Å²) in [7, 11) is 0.0696. The molecular formula is C26H30N6O4S. The molecule has 1 aliphatic rings. The van der Waals surface area contributed by atoms with Gasteiger partial charge in [0.1, 0.15) is 11.5 Å². The molecule has 2 heterocycles. The fraction of sp³-hybridized carbons (Fsp3) is 0.346. The Morgan fingerprint density at radius 1 is 1.03 bits per heavy atom. The van der Waals surface area contributed by atoms with Gasteiger partial charge in [0.15, 0.2) is 0 Å². The first-order chi connectivity index (χ1) is 17.8. The van der Waals surface area contributed by atoms with Gasteiger partial charge in [0.2, 0.25) is 10.0 Å². The maximum atomic E-state index is 11.3. The van der Waals surface area contributed by atoms with Crippen molar-refractivity contribution in [1.82, 2.24) is 24.5 Å². The molecule has 0 radical (unpaired) electrons. The lowest BCUT2D eigenvalue weighted by Crippen LogP contribution is -2.26. The molecule has 2 aromatic carbocycles. The molecule has 10 nitrogen and oxygen atoms in total. The lowest BCUT2D eigenvalue weighted by atomic mass is 10.1. The molecule has 1 aliphatic carbocycles. The molecule has 0 amide bonds. The predicted molar refractivity (Wildman–Crippen MR) is 143 cm³/mol. The van der Waals surface area contributed by atoms with Crippen molar-refractivity contribution in [2.75, 3.05) is 38.5 Å². The fourth-order valence-corrected chi connectivity index (χ4v) is 4.60. The SMILES string of the molecule is COc1cc(OC)cc(N(CC2CC2)c2ccc3ncc(-c4cnn(CCNS(C)(=O)=O)c4)nc3c2)c1. The number of methoxy groups -OCH3 is 2. The molecule has 0 saturated heterocycles. The van der Waals surface area contributed by atoms with Crippen LogP contribution in [-0.4, -0.2) is 61.7 Å². The van der Waals surface area contributed by atoms with Gasteiger partial charge in [-0.25, -0.2) is 18.1 Å². The number of anilines is 2. The summed E-state index contributed by atoms with van der Waals surface area (Å²) in [5, 5.41) is 4.33. The standard InChI is InChI=1S/C26H30N6O4S/c1-35-22-10-21(11-23(13-22)36-2)32(16-18-4-5-18)20-6-7-24-25(12-20)30-26(15-27-24)19-14-28-31(17-19)9-8-29-37(3,33)34/h6-7,10-15,17-18,29H,4-5,8-9,16H2,1-3H3. The van der Waals surface area contributed by atoms with E-state index in [1.54, 1.807) is 31.3 Å². The normalized spacial score (nSPS) is 13.6. The molecule has 0 aliphatic heterocycles. The van der Waals surface area contributed by atoms with E-state index in [1.807, 2.05) is 30.5 Å². The molecule has 5 rings (SSSR count). The summed E-state index contributed by atoms with van der Waals surface area (Å²) >= 11 is 0. The van der Waals surface area contributed by atoms with E-state index in [9.17, 15) is 8.42 Å². The second-order valence-corrected chi connectivity index (χ2v) is 11.0. The van der Waals surface area contributed by atoms with Gasteiger partial charge in [-0.1, -0.05) is 0 Å². The summed E-state index contributed by atoms with van der Waals surface area (Å²) in [6.07, 6.45) is 8.86. The molecule has 37 heavy (non-hydrogen) atoms. The Kier molecular flexibility index (Phi) is 6.98. The molecule has 1 saturated carbocycles. The van der Waals surface area contributed by atoms with Crippen LogP contribution in [0.3, 0.4) is 0 Å². The molecule has 1 N–H and O–H groups in total. The summed E-state index contributed by atoms with van der Waals surface area (Å²) in [4.78, 5) is 11.8. The molecule has 0 unspecified atom stereocenters. The third-order valence-electron chi connectivity index (χ3n) is 6.26. The molecule has 0 atom stereocenters.